The summed E-state index contributed by atoms with van der Waals surface area (Å²) in [6.07, 6.45) is 3.56. The number of nitrogens with one attached hydrogen (secondary N) is 1. The van der Waals surface area contributed by atoms with Gasteiger partial charge in [0.05, 0.1) is 0 Å². The van der Waals surface area contributed by atoms with Gasteiger partial charge in [-0.25, -0.2) is 0 Å². The van der Waals surface area contributed by atoms with Gasteiger partial charge in [0.15, 0.2) is 0 Å². The van der Waals surface area contributed by atoms with Crippen molar-refractivity contribution in [2.24, 2.45) is 5.92 Å². The van der Waals surface area contributed by atoms with E-state index in [0.717, 1.165) is 32.0 Å². The molecule has 2 heteroatoms. The second-order valence-electron chi connectivity index (χ2n) is 6.03. The van der Waals surface area contributed by atoms with Crippen molar-refractivity contribution in [1.29, 1.82) is 0 Å². The van der Waals surface area contributed by atoms with E-state index in [1.54, 1.807) is 0 Å². The molecule has 1 aromatic rings. The van der Waals surface area contributed by atoms with E-state index in [9.17, 15) is 0 Å². The topological polar surface area (TPSA) is 15.3 Å². The summed E-state index contributed by atoms with van der Waals surface area (Å²) < 4.78 is 0. The number of anilines is 1. The van der Waals surface area contributed by atoms with Crippen molar-refractivity contribution in [2.75, 3.05) is 24.5 Å². The summed E-state index contributed by atoms with van der Waals surface area (Å²) in [6.45, 7) is 14.7. The Hall–Kier alpha value is -1.02. The van der Waals surface area contributed by atoms with Gasteiger partial charge in [-0.2, -0.15) is 0 Å². The Morgan fingerprint density at radius 2 is 1.76 bits per heavy atom. The van der Waals surface area contributed by atoms with Crippen molar-refractivity contribution in [3.63, 3.8) is 0 Å². The van der Waals surface area contributed by atoms with E-state index in [2.05, 4.69) is 69.1 Å². The third-order valence-electron chi connectivity index (χ3n) is 4.31. The molecule has 0 aliphatic rings. The molecule has 2 unspecified atom stereocenters. The van der Waals surface area contributed by atoms with Gasteiger partial charge in [0.25, 0.3) is 0 Å². The normalized spacial score (nSPS) is 14.0. The number of hydrogen-bond acceptors (Lipinski definition) is 2. The fraction of sp³-hybridized carbons (Fsp3) is 0.684. The third-order valence-corrected chi connectivity index (χ3v) is 4.31. The van der Waals surface area contributed by atoms with Crippen molar-refractivity contribution in [1.82, 2.24) is 5.32 Å². The van der Waals surface area contributed by atoms with E-state index in [1.807, 2.05) is 0 Å². The van der Waals surface area contributed by atoms with Gasteiger partial charge >= 0.3 is 0 Å². The lowest BCUT2D eigenvalue weighted by Crippen LogP contribution is -2.31. The standard InChI is InChI=1S/C19H34N2/c1-6-14-20-18(8-3)17-12-10-11-13-19(17)21(9-4)15-16(5)7-2/h10-13,16,18,20H,6-9,14-15H2,1-5H3. The molecule has 0 radical (unpaired) electrons. The minimum absolute atomic E-state index is 0.465. The average Bonchev–Trinajstić information content (AvgIpc) is 2.53. The van der Waals surface area contributed by atoms with Crippen molar-refractivity contribution < 1.29 is 0 Å². The minimum Gasteiger partial charge on any atom is -0.371 e. The molecule has 0 heterocycles. The molecule has 1 rings (SSSR count). The summed E-state index contributed by atoms with van der Waals surface area (Å²) in [5.74, 6) is 0.738. The molecule has 2 atom stereocenters. The zero-order chi connectivity index (χ0) is 15.7. The molecule has 0 aliphatic carbocycles. The Morgan fingerprint density at radius 3 is 2.33 bits per heavy atom. The predicted molar refractivity (Wildman–Crippen MR) is 95.1 cm³/mol. The second-order valence-corrected chi connectivity index (χ2v) is 6.03. The lowest BCUT2D eigenvalue weighted by Gasteiger charge is -2.31. The summed E-state index contributed by atoms with van der Waals surface area (Å²) in [6, 6.07) is 9.40. The Labute approximate surface area is 131 Å². The van der Waals surface area contributed by atoms with E-state index in [0.29, 0.717) is 6.04 Å². The first-order valence-corrected chi connectivity index (χ1v) is 8.74. The van der Waals surface area contributed by atoms with Crippen LogP contribution in [0.1, 0.15) is 65.5 Å². The van der Waals surface area contributed by atoms with Crippen LogP contribution in [0.2, 0.25) is 0 Å². The van der Waals surface area contributed by atoms with E-state index in [1.165, 1.54) is 24.1 Å². The van der Waals surface area contributed by atoms with Crippen molar-refractivity contribution in [3.8, 4) is 0 Å². The maximum atomic E-state index is 3.70. The summed E-state index contributed by atoms with van der Waals surface area (Å²) in [5.41, 5.74) is 2.87. The van der Waals surface area contributed by atoms with E-state index in [4.69, 9.17) is 0 Å². The quantitative estimate of drug-likeness (QED) is 0.651. The Morgan fingerprint density at radius 1 is 1.05 bits per heavy atom. The van der Waals surface area contributed by atoms with E-state index >= 15 is 0 Å². The maximum Gasteiger partial charge on any atom is 0.0414 e. The molecule has 21 heavy (non-hydrogen) atoms. The van der Waals surface area contributed by atoms with Crippen molar-refractivity contribution >= 4 is 5.69 Å². The Balaban J connectivity index is 2.99. The molecule has 0 aliphatic heterocycles. The van der Waals surface area contributed by atoms with E-state index < -0.39 is 0 Å². The first-order valence-electron chi connectivity index (χ1n) is 8.74. The molecular weight excluding hydrogens is 256 g/mol. The summed E-state index contributed by atoms with van der Waals surface area (Å²) in [7, 11) is 0. The van der Waals surface area contributed by atoms with Gasteiger partial charge in [-0.15, -0.1) is 0 Å². The average molecular weight is 290 g/mol. The first kappa shape index (κ1) is 18.0. The minimum atomic E-state index is 0.465. The van der Waals surface area contributed by atoms with E-state index in [-0.39, 0.29) is 0 Å². The summed E-state index contributed by atoms with van der Waals surface area (Å²) >= 11 is 0. The van der Waals surface area contributed by atoms with Gasteiger partial charge in [0.2, 0.25) is 0 Å². The van der Waals surface area contributed by atoms with Gasteiger partial charge in [-0.05, 0) is 43.9 Å². The second kappa shape index (κ2) is 9.83. The zero-order valence-electron chi connectivity index (χ0n) is 14.7. The molecule has 0 spiro atoms. The van der Waals surface area contributed by atoms with Crippen LogP contribution in [0.15, 0.2) is 24.3 Å². The predicted octanol–water partition coefficient (Wildman–Crippen LogP) is 5.01. The number of rotatable bonds is 10. The highest BCUT2D eigenvalue weighted by Gasteiger charge is 2.17. The van der Waals surface area contributed by atoms with Gasteiger partial charge in [-0.3, -0.25) is 0 Å². The molecule has 0 saturated heterocycles. The maximum absolute atomic E-state index is 3.70. The largest absolute Gasteiger partial charge is 0.371 e. The molecule has 0 aromatic heterocycles. The van der Waals surface area contributed by atoms with Crippen LogP contribution < -0.4 is 10.2 Å². The summed E-state index contributed by atoms with van der Waals surface area (Å²) in [5, 5.41) is 3.70. The van der Waals surface area contributed by atoms with Gasteiger partial charge in [0.1, 0.15) is 0 Å². The fourth-order valence-electron chi connectivity index (χ4n) is 2.77. The Kier molecular flexibility index (Phi) is 8.44. The van der Waals surface area contributed by atoms with Crippen LogP contribution in [0.4, 0.5) is 5.69 Å². The molecule has 0 amide bonds. The van der Waals surface area contributed by atoms with Crippen molar-refractivity contribution in [3.05, 3.63) is 29.8 Å². The molecule has 1 aromatic carbocycles. The van der Waals surface area contributed by atoms with Crippen LogP contribution in [0.5, 0.6) is 0 Å². The molecule has 2 nitrogen and oxygen atoms in total. The van der Waals surface area contributed by atoms with Crippen molar-refractivity contribution in [2.45, 2.75) is 59.9 Å². The highest BCUT2D eigenvalue weighted by atomic mass is 15.1. The van der Waals surface area contributed by atoms with Gasteiger partial charge in [-0.1, -0.05) is 52.3 Å². The van der Waals surface area contributed by atoms with Crippen LogP contribution >= 0.6 is 0 Å². The fourth-order valence-corrected chi connectivity index (χ4v) is 2.77. The lowest BCUT2D eigenvalue weighted by molar-refractivity contribution is 0.512. The van der Waals surface area contributed by atoms with Crippen LogP contribution in [0.25, 0.3) is 0 Å². The smallest absolute Gasteiger partial charge is 0.0414 e. The van der Waals surface area contributed by atoms with Crippen LogP contribution in [0.3, 0.4) is 0 Å². The highest BCUT2D eigenvalue weighted by molar-refractivity contribution is 5.55. The third kappa shape index (κ3) is 5.35. The van der Waals surface area contributed by atoms with Crippen LogP contribution in [-0.2, 0) is 0 Å². The molecule has 120 valence electrons. The Bertz CT molecular complexity index is 389. The molecule has 1 N–H and O–H groups in total. The molecule has 0 saturated carbocycles. The van der Waals surface area contributed by atoms with Crippen LogP contribution in [0, 0.1) is 5.92 Å². The van der Waals surface area contributed by atoms with Crippen LogP contribution in [-0.4, -0.2) is 19.6 Å². The SMILES string of the molecule is CCCNC(CC)c1ccccc1N(CC)CC(C)CC. The monoisotopic (exact) mass is 290 g/mol. The number of hydrogen-bond donors (Lipinski definition) is 1. The number of nitrogens with zero attached hydrogens (tertiary/aromatic N) is 1. The first-order chi connectivity index (χ1) is 10.2. The molecule has 0 fully saturated rings. The molecule has 0 bridgehead atoms. The van der Waals surface area contributed by atoms with Gasteiger partial charge < -0.3 is 10.2 Å². The van der Waals surface area contributed by atoms with Gasteiger partial charge in [0, 0.05) is 24.8 Å². The zero-order valence-corrected chi connectivity index (χ0v) is 14.7. The number of benzene rings is 1. The summed E-state index contributed by atoms with van der Waals surface area (Å²) in [4.78, 5) is 2.54. The number of para-hydroxylation sites is 1. The highest BCUT2D eigenvalue weighted by Crippen LogP contribution is 2.29. The molecular formula is C19H34N2. The lowest BCUT2D eigenvalue weighted by atomic mass is 10.00.